The molecule has 2 aliphatic heterocycles. The van der Waals surface area contributed by atoms with Crippen molar-refractivity contribution in [2.75, 3.05) is 32.6 Å². The predicted octanol–water partition coefficient (Wildman–Crippen LogP) is 2.09. The summed E-state index contributed by atoms with van der Waals surface area (Å²) in [6, 6.07) is 8.01. The number of methoxy groups -OCH3 is 1. The van der Waals surface area contributed by atoms with Crippen LogP contribution < -0.4 is 20.9 Å². The van der Waals surface area contributed by atoms with E-state index in [1.165, 1.54) is 12.4 Å². The average Bonchev–Trinajstić information content (AvgIpc) is 3.22. The number of nitriles is 1. The van der Waals surface area contributed by atoms with Gasteiger partial charge in [0.1, 0.15) is 23.8 Å². The Morgan fingerprint density at radius 1 is 1.30 bits per heavy atom. The fourth-order valence-electron chi connectivity index (χ4n) is 4.17. The van der Waals surface area contributed by atoms with Crippen molar-refractivity contribution in [2.45, 2.75) is 37.1 Å². The summed E-state index contributed by atoms with van der Waals surface area (Å²) >= 11 is 0. The summed E-state index contributed by atoms with van der Waals surface area (Å²) in [7, 11) is 3.60. The molecule has 0 spiro atoms. The van der Waals surface area contributed by atoms with E-state index in [-0.39, 0.29) is 23.8 Å². The molecule has 2 saturated heterocycles. The first-order valence-corrected chi connectivity index (χ1v) is 10.1. The van der Waals surface area contributed by atoms with Gasteiger partial charge >= 0.3 is 0 Å². The second-order valence-electron chi connectivity index (χ2n) is 7.85. The summed E-state index contributed by atoms with van der Waals surface area (Å²) in [6.45, 7) is 1.36. The zero-order valence-corrected chi connectivity index (χ0v) is 17.1. The summed E-state index contributed by atoms with van der Waals surface area (Å²) in [6.07, 6.45) is 3.60. The van der Waals surface area contributed by atoms with Crippen LogP contribution in [0.1, 0.15) is 41.6 Å². The van der Waals surface area contributed by atoms with Crippen LogP contribution in [0.4, 0.5) is 10.2 Å². The van der Waals surface area contributed by atoms with Crippen LogP contribution in [0.2, 0.25) is 0 Å². The normalized spacial score (nSPS) is 26.9. The first-order chi connectivity index (χ1) is 14.6. The minimum atomic E-state index is -0.868. The Kier molecular flexibility index (Phi) is 6.08. The molecule has 2 aliphatic rings. The van der Waals surface area contributed by atoms with E-state index in [0.29, 0.717) is 12.4 Å². The van der Waals surface area contributed by atoms with E-state index in [1.54, 1.807) is 7.11 Å². The van der Waals surface area contributed by atoms with Crippen LogP contribution >= 0.6 is 0 Å². The number of halogens is 1. The lowest BCUT2D eigenvalue weighted by Crippen LogP contribution is -2.38. The largest absolute Gasteiger partial charge is 0.496 e. The maximum Gasteiger partial charge on any atom is 0.158 e. The van der Waals surface area contributed by atoms with Crippen molar-refractivity contribution in [2.24, 2.45) is 0 Å². The lowest BCUT2D eigenvalue weighted by molar-refractivity contribution is 0.139. The van der Waals surface area contributed by atoms with Crippen molar-refractivity contribution in [3.63, 3.8) is 0 Å². The number of nitrogens with zero attached hydrogens (tertiary/aromatic N) is 4. The fourth-order valence-corrected chi connectivity index (χ4v) is 4.17. The molecule has 4 rings (SSSR count). The molecule has 2 aromatic rings. The summed E-state index contributed by atoms with van der Waals surface area (Å²) in [5.74, 6) is 1.26. The number of anilines is 1. The average molecular weight is 411 g/mol. The molecule has 4 atom stereocenters. The highest BCUT2D eigenvalue weighted by Gasteiger charge is 2.31. The highest BCUT2D eigenvalue weighted by Crippen LogP contribution is 2.36. The van der Waals surface area contributed by atoms with Crippen LogP contribution in [0, 0.1) is 11.3 Å². The van der Waals surface area contributed by atoms with E-state index in [0.717, 1.165) is 36.3 Å². The van der Waals surface area contributed by atoms with E-state index in [2.05, 4.69) is 26.1 Å². The number of rotatable bonds is 5. The highest BCUT2D eigenvalue weighted by atomic mass is 19.1. The standard InChI is InChI=1S/C21H26FN7O/c1-29-6-5-15(17(22)12-29)13-3-4-16(19(7-13)30-2)18-8-20(28-27-18)26-21-11-24-14(9-23)10-25-21/h3-4,7,10-11,15,17-18,20,27-28H,5-6,8,12H2,1-2H3,(H,25,26)/t15-,17+,18?,20?/m1/s1. The van der Waals surface area contributed by atoms with Crippen LogP contribution in [0.15, 0.2) is 30.6 Å². The predicted molar refractivity (Wildman–Crippen MR) is 111 cm³/mol. The van der Waals surface area contributed by atoms with Gasteiger partial charge in [-0.05, 0) is 31.6 Å². The smallest absolute Gasteiger partial charge is 0.158 e. The first kappa shape index (κ1) is 20.5. The van der Waals surface area contributed by atoms with Crippen LogP contribution in [0.25, 0.3) is 0 Å². The van der Waals surface area contributed by atoms with Gasteiger partial charge in [-0.2, -0.15) is 5.26 Å². The molecule has 158 valence electrons. The lowest BCUT2D eigenvalue weighted by atomic mass is 9.87. The molecular formula is C21H26FN7O. The molecule has 1 aromatic carbocycles. The molecule has 3 N–H and O–H groups in total. The highest BCUT2D eigenvalue weighted by molar-refractivity contribution is 5.42. The molecule has 0 amide bonds. The third kappa shape index (κ3) is 4.36. The third-order valence-electron chi connectivity index (χ3n) is 5.80. The summed E-state index contributed by atoms with van der Waals surface area (Å²) in [5, 5.41) is 12.1. The van der Waals surface area contributed by atoms with Gasteiger partial charge in [0, 0.05) is 24.4 Å². The number of hydrogen-bond acceptors (Lipinski definition) is 8. The number of aromatic nitrogens is 2. The Hall–Kier alpha value is -2.80. The van der Waals surface area contributed by atoms with Crippen molar-refractivity contribution < 1.29 is 9.13 Å². The minimum absolute atomic E-state index is 0.0245. The molecule has 30 heavy (non-hydrogen) atoms. The molecule has 0 saturated carbocycles. The molecule has 0 bridgehead atoms. The maximum absolute atomic E-state index is 14.6. The van der Waals surface area contributed by atoms with Gasteiger partial charge < -0.3 is 15.0 Å². The third-order valence-corrected chi connectivity index (χ3v) is 5.80. The number of ether oxygens (including phenoxy) is 1. The molecule has 2 unspecified atom stereocenters. The van der Waals surface area contributed by atoms with E-state index in [9.17, 15) is 4.39 Å². The van der Waals surface area contributed by atoms with E-state index in [1.807, 2.05) is 36.2 Å². The van der Waals surface area contributed by atoms with Crippen molar-refractivity contribution in [1.82, 2.24) is 25.7 Å². The number of hydrogen-bond donors (Lipinski definition) is 3. The van der Waals surface area contributed by atoms with Crippen molar-refractivity contribution in [3.8, 4) is 11.8 Å². The Labute approximate surface area is 175 Å². The van der Waals surface area contributed by atoms with Crippen molar-refractivity contribution in [3.05, 3.63) is 47.4 Å². The molecular weight excluding hydrogens is 385 g/mol. The molecule has 0 aliphatic carbocycles. The Balaban J connectivity index is 1.44. The van der Waals surface area contributed by atoms with Gasteiger partial charge in [0.25, 0.3) is 0 Å². The Bertz CT molecular complexity index is 917. The quantitative estimate of drug-likeness (QED) is 0.688. The van der Waals surface area contributed by atoms with Crippen molar-refractivity contribution >= 4 is 5.82 Å². The lowest BCUT2D eigenvalue weighted by Gasteiger charge is -2.32. The van der Waals surface area contributed by atoms with Gasteiger partial charge in [-0.1, -0.05) is 12.1 Å². The molecule has 0 radical (unpaired) electrons. The SMILES string of the molecule is COc1cc([C@H]2CCN(C)C[C@@H]2F)ccc1C1CC(Nc2cnc(C#N)cn2)NN1. The first-order valence-electron chi connectivity index (χ1n) is 10.1. The van der Waals surface area contributed by atoms with E-state index in [4.69, 9.17) is 10.00 Å². The Morgan fingerprint density at radius 2 is 2.17 bits per heavy atom. The van der Waals surface area contributed by atoms with Gasteiger partial charge in [-0.25, -0.2) is 25.2 Å². The van der Waals surface area contributed by atoms with E-state index >= 15 is 0 Å². The molecule has 9 heteroatoms. The van der Waals surface area contributed by atoms with Crippen LogP contribution in [0.5, 0.6) is 5.75 Å². The van der Waals surface area contributed by atoms with Gasteiger partial charge in [0.15, 0.2) is 5.69 Å². The van der Waals surface area contributed by atoms with Crippen LogP contribution in [-0.4, -0.2) is 54.5 Å². The minimum Gasteiger partial charge on any atom is -0.496 e. The molecule has 8 nitrogen and oxygen atoms in total. The fraction of sp³-hybridized carbons (Fsp3) is 0.476. The Morgan fingerprint density at radius 3 is 2.87 bits per heavy atom. The summed E-state index contributed by atoms with van der Waals surface area (Å²) in [4.78, 5) is 10.2. The number of piperidine rings is 1. The van der Waals surface area contributed by atoms with Gasteiger partial charge in [-0.3, -0.25) is 0 Å². The zero-order chi connectivity index (χ0) is 21.1. The van der Waals surface area contributed by atoms with Crippen LogP contribution in [0.3, 0.4) is 0 Å². The van der Waals surface area contributed by atoms with Gasteiger partial charge in [0.05, 0.1) is 31.7 Å². The molecule has 3 heterocycles. The van der Waals surface area contributed by atoms with E-state index < -0.39 is 6.17 Å². The van der Waals surface area contributed by atoms with Gasteiger partial charge in [0.2, 0.25) is 0 Å². The number of benzene rings is 1. The number of hydrazine groups is 1. The number of likely N-dealkylation sites (tertiary alicyclic amines) is 1. The second-order valence-corrected chi connectivity index (χ2v) is 7.85. The summed E-state index contributed by atoms with van der Waals surface area (Å²) < 4.78 is 20.2. The van der Waals surface area contributed by atoms with Crippen LogP contribution in [-0.2, 0) is 0 Å². The number of alkyl halides is 1. The maximum atomic E-state index is 14.6. The summed E-state index contributed by atoms with van der Waals surface area (Å²) in [5.41, 5.74) is 8.78. The molecule has 2 fully saturated rings. The molecule has 1 aromatic heterocycles. The zero-order valence-electron chi connectivity index (χ0n) is 17.1. The topological polar surface area (TPSA) is 98.1 Å². The van der Waals surface area contributed by atoms with Crippen molar-refractivity contribution in [1.29, 1.82) is 5.26 Å². The monoisotopic (exact) mass is 411 g/mol. The second kappa shape index (κ2) is 8.92. The van der Waals surface area contributed by atoms with Gasteiger partial charge in [-0.15, -0.1) is 0 Å². The number of nitrogens with one attached hydrogen (secondary N) is 3.